The average molecular weight is 200 g/mol. The third kappa shape index (κ3) is 3.27. The van der Waals surface area contributed by atoms with Gasteiger partial charge in [0.2, 0.25) is 5.91 Å². The van der Waals surface area contributed by atoms with Gasteiger partial charge in [0.1, 0.15) is 0 Å². The van der Waals surface area contributed by atoms with Crippen molar-refractivity contribution in [2.75, 3.05) is 13.1 Å². The molecule has 1 rings (SSSR count). The molecule has 3 atom stereocenters. The lowest BCUT2D eigenvalue weighted by Crippen LogP contribution is -2.41. The van der Waals surface area contributed by atoms with E-state index in [2.05, 4.69) is 0 Å². The van der Waals surface area contributed by atoms with E-state index in [0.717, 1.165) is 0 Å². The predicted octanol–water partition coefficient (Wildman–Crippen LogP) is 0.359. The molecule has 4 nitrogen and oxygen atoms in total. The maximum atomic E-state index is 11.7. The van der Waals surface area contributed by atoms with E-state index in [4.69, 9.17) is 10.5 Å². The van der Waals surface area contributed by atoms with Crippen LogP contribution in [0.25, 0.3) is 0 Å². The molecule has 1 fully saturated rings. The van der Waals surface area contributed by atoms with Crippen LogP contribution in [0.3, 0.4) is 0 Å². The van der Waals surface area contributed by atoms with Crippen molar-refractivity contribution >= 4 is 5.91 Å². The van der Waals surface area contributed by atoms with Crippen molar-refractivity contribution < 1.29 is 9.53 Å². The number of amides is 1. The van der Waals surface area contributed by atoms with Crippen molar-refractivity contribution in [2.45, 2.75) is 45.4 Å². The number of hydrogen-bond donors (Lipinski definition) is 1. The number of rotatable bonds is 2. The van der Waals surface area contributed by atoms with Crippen LogP contribution in [-0.4, -0.2) is 42.1 Å². The highest BCUT2D eigenvalue weighted by molar-refractivity contribution is 5.77. The first-order valence-electron chi connectivity index (χ1n) is 5.18. The van der Waals surface area contributed by atoms with E-state index >= 15 is 0 Å². The highest BCUT2D eigenvalue weighted by Crippen LogP contribution is 2.12. The molecule has 0 saturated carbocycles. The van der Waals surface area contributed by atoms with Gasteiger partial charge in [-0.1, -0.05) is 0 Å². The Hall–Kier alpha value is -0.610. The lowest BCUT2D eigenvalue weighted by molar-refractivity contribution is -0.131. The number of carbonyl (C=O) groups is 1. The summed E-state index contributed by atoms with van der Waals surface area (Å²) in [4.78, 5) is 13.5. The molecular weight excluding hydrogens is 180 g/mol. The summed E-state index contributed by atoms with van der Waals surface area (Å²) in [5.41, 5.74) is 5.68. The topological polar surface area (TPSA) is 55.6 Å². The summed E-state index contributed by atoms with van der Waals surface area (Å²) in [5.74, 6) is 0.152. The summed E-state index contributed by atoms with van der Waals surface area (Å²) in [5, 5.41) is 0. The molecule has 4 heteroatoms. The molecule has 0 aromatic carbocycles. The van der Waals surface area contributed by atoms with Crippen LogP contribution < -0.4 is 5.73 Å². The maximum Gasteiger partial charge on any atom is 0.225 e. The van der Waals surface area contributed by atoms with Gasteiger partial charge in [-0.2, -0.15) is 0 Å². The fourth-order valence-electron chi connectivity index (χ4n) is 1.80. The smallest absolute Gasteiger partial charge is 0.225 e. The number of nitrogens with two attached hydrogens (primary N) is 1. The number of hydrogen-bond acceptors (Lipinski definition) is 3. The first-order chi connectivity index (χ1) is 6.49. The van der Waals surface area contributed by atoms with Crippen LogP contribution in [0, 0.1) is 0 Å². The Morgan fingerprint density at radius 3 is 2.79 bits per heavy atom. The van der Waals surface area contributed by atoms with Gasteiger partial charge in [0.25, 0.3) is 0 Å². The fraction of sp³-hybridized carbons (Fsp3) is 0.900. The summed E-state index contributed by atoms with van der Waals surface area (Å²) in [6, 6.07) is 0.0274. The van der Waals surface area contributed by atoms with Gasteiger partial charge in [-0.15, -0.1) is 0 Å². The van der Waals surface area contributed by atoms with Crippen LogP contribution >= 0.6 is 0 Å². The Morgan fingerprint density at radius 2 is 2.21 bits per heavy atom. The van der Waals surface area contributed by atoms with Crippen molar-refractivity contribution in [1.82, 2.24) is 4.90 Å². The number of ether oxygens (including phenoxy) is 1. The van der Waals surface area contributed by atoms with E-state index < -0.39 is 0 Å². The van der Waals surface area contributed by atoms with Gasteiger partial charge in [0.05, 0.1) is 18.6 Å². The maximum absolute atomic E-state index is 11.7. The van der Waals surface area contributed by atoms with Gasteiger partial charge in [0, 0.05) is 19.1 Å². The van der Waals surface area contributed by atoms with Gasteiger partial charge in [0.15, 0.2) is 0 Å². The molecule has 1 saturated heterocycles. The lowest BCUT2D eigenvalue weighted by Gasteiger charge is -2.23. The van der Waals surface area contributed by atoms with Gasteiger partial charge in [-0.25, -0.2) is 0 Å². The molecular formula is C10H20N2O2. The second-order valence-corrected chi connectivity index (χ2v) is 4.24. The van der Waals surface area contributed by atoms with E-state index in [1.165, 1.54) is 0 Å². The Kier molecular flexibility index (Phi) is 3.89. The van der Waals surface area contributed by atoms with Gasteiger partial charge in [-0.05, 0) is 20.8 Å². The second kappa shape index (κ2) is 4.75. The van der Waals surface area contributed by atoms with Crippen LogP contribution in [0.2, 0.25) is 0 Å². The molecule has 0 aromatic heterocycles. The largest absolute Gasteiger partial charge is 0.373 e. The summed E-state index contributed by atoms with van der Waals surface area (Å²) < 4.78 is 5.59. The summed E-state index contributed by atoms with van der Waals surface area (Å²) in [6.45, 7) is 7.12. The molecule has 0 bridgehead atoms. The Labute approximate surface area is 85.4 Å². The minimum atomic E-state index is 0.0237. The van der Waals surface area contributed by atoms with E-state index in [1.54, 1.807) is 4.90 Å². The van der Waals surface area contributed by atoms with Crippen LogP contribution in [0.1, 0.15) is 27.2 Å². The minimum Gasteiger partial charge on any atom is -0.373 e. The number of nitrogens with zero attached hydrogens (tertiary/aromatic N) is 1. The van der Waals surface area contributed by atoms with Crippen LogP contribution in [-0.2, 0) is 9.53 Å². The number of carbonyl (C=O) groups excluding carboxylic acids is 1. The van der Waals surface area contributed by atoms with E-state index in [9.17, 15) is 4.79 Å². The molecule has 3 unspecified atom stereocenters. The zero-order valence-corrected chi connectivity index (χ0v) is 9.19. The molecule has 14 heavy (non-hydrogen) atoms. The summed E-state index contributed by atoms with van der Waals surface area (Å²) >= 11 is 0. The van der Waals surface area contributed by atoms with E-state index in [0.29, 0.717) is 19.5 Å². The second-order valence-electron chi connectivity index (χ2n) is 4.24. The van der Waals surface area contributed by atoms with Gasteiger partial charge in [-0.3, -0.25) is 4.79 Å². The predicted molar refractivity (Wildman–Crippen MR) is 54.9 cm³/mol. The zero-order valence-electron chi connectivity index (χ0n) is 9.19. The first kappa shape index (κ1) is 11.5. The normalized spacial score (nSPS) is 31.4. The van der Waals surface area contributed by atoms with Crippen LogP contribution in [0.5, 0.6) is 0 Å². The molecule has 2 N–H and O–H groups in total. The van der Waals surface area contributed by atoms with Crippen molar-refractivity contribution in [3.05, 3.63) is 0 Å². The Morgan fingerprint density at radius 1 is 1.57 bits per heavy atom. The van der Waals surface area contributed by atoms with Gasteiger partial charge < -0.3 is 15.4 Å². The third-order valence-electron chi connectivity index (χ3n) is 2.27. The molecule has 1 heterocycles. The molecule has 0 aliphatic carbocycles. The highest BCUT2D eigenvalue weighted by atomic mass is 16.5. The summed E-state index contributed by atoms with van der Waals surface area (Å²) in [6.07, 6.45) is 0.600. The third-order valence-corrected chi connectivity index (χ3v) is 2.27. The molecule has 0 radical (unpaired) electrons. The molecule has 1 aliphatic rings. The Balaban J connectivity index is 2.59. The quantitative estimate of drug-likeness (QED) is 0.700. The zero-order chi connectivity index (χ0) is 10.7. The first-order valence-corrected chi connectivity index (χ1v) is 5.18. The standard InChI is InChI=1S/C10H20N2O2/c1-7(11)5-12-6-9(3)14-8(2)4-10(12)13/h7-9H,4-6,11H2,1-3H3. The van der Waals surface area contributed by atoms with Crippen molar-refractivity contribution in [3.63, 3.8) is 0 Å². The van der Waals surface area contributed by atoms with Gasteiger partial charge >= 0.3 is 0 Å². The van der Waals surface area contributed by atoms with Crippen molar-refractivity contribution in [3.8, 4) is 0 Å². The summed E-state index contributed by atoms with van der Waals surface area (Å²) in [7, 11) is 0. The van der Waals surface area contributed by atoms with Crippen LogP contribution in [0.15, 0.2) is 0 Å². The molecule has 0 spiro atoms. The van der Waals surface area contributed by atoms with Crippen molar-refractivity contribution in [1.29, 1.82) is 0 Å². The molecule has 1 amide bonds. The van der Waals surface area contributed by atoms with E-state index in [1.807, 2.05) is 20.8 Å². The lowest BCUT2D eigenvalue weighted by atomic mass is 10.2. The van der Waals surface area contributed by atoms with Crippen LogP contribution in [0.4, 0.5) is 0 Å². The minimum absolute atomic E-state index is 0.0237. The molecule has 82 valence electrons. The van der Waals surface area contributed by atoms with E-state index in [-0.39, 0.29) is 24.2 Å². The Bertz CT molecular complexity index is 206. The fourth-order valence-corrected chi connectivity index (χ4v) is 1.80. The molecule has 0 aromatic rings. The average Bonchev–Trinajstić information content (AvgIpc) is 2.10. The molecule has 1 aliphatic heterocycles. The van der Waals surface area contributed by atoms with Crippen molar-refractivity contribution in [2.24, 2.45) is 5.73 Å². The SMILES string of the molecule is CC(N)CN1CC(C)OC(C)CC1=O. The highest BCUT2D eigenvalue weighted by Gasteiger charge is 2.25. The monoisotopic (exact) mass is 200 g/mol.